The van der Waals surface area contributed by atoms with Gasteiger partial charge in [-0.15, -0.1) is 0 Å². The Morgan fingerprint density at radius 2 is 2.07 bits per heavy atom. The fourth-order valence-corrected chi connectivity index (χ4v) is 3.20. The van der Waals surface area contributed by atoms with Gasteiger partial charge >= 0.3 is 0 Å². The number of fused-ring (bicyclic) bond motifs is 1. The molecule has 0 radical (unpaired) electrons. The minimum atomic E-state index is -1.10. The maximum absolute atomic E-state index is 14.5. The van der Waals surface area contributed by atoms with Gasteiger partial charge in [-0.2, -0.15) is 9.49 Å². The second kappa shape index (κ2) is 6.72. The third-order valence-corrected chi connectivity index (χ3v) is 4.95. The molecule has 3 aromatic rings. The molecule has 1 aromatic carbocycles. The van der Waals surface area contributed by atoms with Crippen molar-refractivity contribution < 1.29 is 13.6 Å². The Bertz CT molecular complexity index is 1000. The summed E-state index contributed by atoms with van der Waals surface area (Å²) < 4.78 is 27.8. The van der Waals surface area contributed by atoms with Gasteiger partial charge in [-0.3, -0.25) is 9.89 Å². The molecule has 140 valence electrons. The number of hydrogen-bond donors (Lipinski definition) is 2. The van der Waals surface area contributed by atoms with Crippen molar-refractivity contribution in [3.63, 3.8) is 0 Å². The van der Waals surface area contributed by atoms with Crippen LogP contribution in [0.2, 0.25) is 0 Å². The van der Waals surface area contributed by atoms with Gasteiger partial charge < -0.3 is 5.32 Å². The van der Waals surface area contributed by atoms with Crippen molar-refractivity contribution in [2.45, 2.75) is 38.4 Å². The molecule has 7 heteroatoms. The van der Waals surface area contributed by atoms with Gasteiger partial charge in [-0.25, -0.2) is 9.37 Å². The monoisotopic (exact) mass is 370 g/mol. The highest BCUT2D eigenvalue weighted by Crippen LogP contribution is 2.35. The fraction of sp³-hybridized carbons (Fsp3) is 0.350. The van der Waals surface area contributed by atoms with Crippen molar-refractivity contribution >= 4 is 16.8 Å². The van der Waals surface area contributed by atoms with Crippen LogP contribution in [0.5, 0.6) is 0 Å². The second-order valence-corrected chi connectivity index (χ2v) is 7.29. The minimum absolute atomic E-state index is 0.000283. The maximum atomic E-state index is 14.5. The molecule has 0 spiro atoms. The van der Waals surface area contributed by atoms with E-state index in [2.05, 4.69) is 20.5 Å². The molecule has 0 bridgehead atoms. The van der Waals surface area contributed by atoms with Crippen LogP contribution in [0.1, 0.15) is 49.0 Å². The lowest BCUT2D eigenvalue weighted by molar-refractivity contribution is -0.123. The van der Waals surface area contributed by atoms with Gasteiger partial charge in [-0.1, -0.05) is 32.0 Å². The van der Waals surface area contributed by atoms with Gasteiger partial charge in [-0.05, 0) is 30.0 Å². The average molecular weight is 370 g/mol. The molecule has 5 nitrogen and oxygen atoms in total. The van der Waals surface area contributed by atoms with Crippen LogP contribution in [0.25, 0.3) is 10.9 Å². The summed E-state index contributed by atoms with van der Waals surface area (Å²) in [6.07, 6.45) is 0.820. The highest BCUT2D eigenvalue weighted by molar-refractivity contribution is 5.83. The van der Waals surface area contributed by atoms with Gasteiger partial charge in [0.25, 0.3) is 0 Å². The van der Waals surface area contributed by atoms with E-state index in [1.54, 1.807) is 18.3 Å². The topological polar surface area (TPSA) is 70.7 Å². The molecule has 1 fully saturated rings. The lowest BCUT2D eigenvalue weighted by Gasteiger charge is -2.20. The van der Waals surface area contributed by atoms with E-state index in [1.807, 2.05) is 32.0 Å². The molecule has 1 aliphatic rings. The Kier molecular flexibility index (Phi) is 4.37. The molecule has 1 aliphatic carbocycles. The van der Waals surface area contributed by atoms with Crippen LogP contribution in [0.15, 0.2) is 36.5 Å². The van der Waals surface area contributed by atoms with E-state index >= 15 is 0 Å². The zero-order valence-corrected chi connectivity index (χ0v) is 15.0. The Morgan fingerprint density at radius 1 is 1.30 bits per heavy atom. The molecular weight excluding hydrogens is 350 g/mol. The third-order valence-electron chi connectivity index (χ3n) is 4.95. The highest BCUT2D eigenvalue weighted by atomic mass is 19.1. The molecule has 1 saturated carbocycles. The number of nitrogens with zero attached hydrogens (tertiary/aromatic N) is 2. The van der Waals surface area contributed by atoms with Crippen LogP contribution in [-0.4, -0.2) is 27.3 Å². The van der Waals surface area contributed by atoms with Crippen molar-refractivity contribution in [3.8, 4) is 0 Å². The van der Waals surface area contributed by atoms with Crippen LogP contribution in [-0.2, 0) is 4.79 Å². The van der Waals surface area contributed by atoms with E-state index in [4.69, 9.17) is 0 Å². The number of amides is 1. The first kappa shape index (κ1) is 17.6. The number of carbonyl (C=O) groups is 1. The van der Waals surface area contributed by atoms with E-state index < -0.39 is 24.1 Å². The molecule has 27 heavy (non-hydrogen) atoms. The summed E-state index contributed by atoms with van der Waals surface area (Å²) >= 11 is 0. The molecule has 2 heterocycles. The van der Waals surface area contributed by atoms with Crippen LogP contribution < -0.4 is 5.32 Å². The molecule has 0 saturated heterocycles. The van der Waals surface area contributed by atoms with Gasteiger partial charge in [0, 0.05) is 10.9 Å². The van der Waals surface area contributed by atoms with Crippen LogP contribution in [0, 0.1) is 11.9 Å². The van der Waals surface area contributed by atoms with Crippen molar-refractivity contribution in [1.29, 1.82) is 0 Å². The maximum Gasteiger partial charge on any atom is 0.226 e. The first-order valence-electron chi connectivity index (χ1n) is 8.98. The SMILES string of the molecule is CC(C)c1ccc(C(NC(=O)C2CC2F)c2ccc3cn[nH]c3c2)nc1F. The van der Waals surface area contributed by atoms with E-state index in [9.17, 15) is 13.6 Å². The number of H-pyrrole nitrogens is 1. The number of benzene rings is 1. The fourth-order valence-electron chi connectivity index (χ4n) is 3.20. The lowest BCUT2D eigenvalue weighted by Crippen LogP contribution is -2.32. The van der Waals surface area contributed by atoms with Crippen molar-refractivity contribution in [3.05, 3.63) is 59.3 Å². The normalized spacial score (nSPS) is 20.0. The molecular formula is C20H20F2N4O. The predicted molar refractivity (Wildman–Crippen MR) is 97.4 cm³/mol. The summed E-state index contributed by atoms with van der Waals surface area (Å²) in [5.41, 5.74) is 2.40. The molecule has 3 atom stereocenters. The van der Waals surface area contributed by atoms with Gasteiger partial charge in [0.15, 0.2) is 0 Å². The zero-order valence-electron chi connectivity index (χ0n) is 15.0. The number of pyridine rings is 1. The second-order valence-electron chi connectivity index (χ2n) is 7.29. The number of rotatable bonds is 5. The standard InChI is InChI=1S/C20H20F2N4O/c1-10(2)13-5-6-16(24-19(13)22)18(25-20(27)14-8-15(14)21)11-3-4-12-9-23-26-17(12)7-11/h3-7,9-10,14-15,18H,8H2,1-2H3,(H,23,26)(H,25,27). The van der Waals surface area contributed by atoms with Gasteiger partial charge in [0.2, 0.25) is 11.9 Å². The lowest BCUT2D eigenvalue weighted by atomic mass is 9.99. The van der Waals surface area contributed by atoms with Crippen LogP contribution in [0.4, 0.5) is 8.78 Å². The summed E-state index contributed by atoms with van der Waals surface area (Å²) in [5.74, 6) is -1.57. The smallest absolute Gasteiger partial charge is 0.226 e. The van der Waals surface area contributed by atoms with Crippen molar-refractivity contribution in [2.24, 2.45) is 5.92 Å². The number of nitrogens with one attached hydrogen (secondary N) is 2. The first-order chi connectivity index (χ1) is 12.9. The zero-order chi connectivity index (χ0) is 19.1. The summed E-state index contributed by atoms with van der Waals surface area (Å²) in [5, 5.41) is 10.6. The highest BCUT2D eigenvalue weighted by Gasteiger charge is 2.44. The molecule has 0 aliphatic heterocycles. The van der Waals surface area contributed by atoms with E-state index in [-0.39, 0.29) is 18.2 Å². The molecule has 3 unspecified atom stereocenters. The molecule has 1 amide bonds. The van der Waals surface area contributed by atoms with Gasteiger partial charge in [0.05, 0.1) is 29.4 Å². The van der Waals surface area contributed by atoms with Crippen LogP contribution in [0.3, 0.4) is 0 Å². The van der Waals surface area contributed by atoms with Crippen molar-refractivity contribution in [2.75, 3.05) is 0 Å². The Balaban J connectivity index is 1.73. The predicted octanol–water partition coefficient (Wildman–Crippen LogP) is 3.78. The van der Waals surface area contributed by atoms with E-state index in [0.29, 0.717) is 11.3 Å². The summed E-state index contributed by atoms with van der Waals surface area (Å²) in [6, 6.07) is 8.25. The minimum Gasteiger partial charge on any atom is -0.343 e. The average Bonchev–Trinajstić information content (AvgIpc) is 3.18. The first-order valence-corrected chi connectivity index (χ1v) is 8.98. The van der Waals surface area contributed by atoms with E-state index in [1.165, 1.54) is 0 Å². The summed E-state index contributed by atoms with van der Waals surface area (Å²) in [7, 11) is 0. The van der Waals surface area contributed by atoms with Crippen molar-refractivity contribution in [1.82, 2.24) is 20.5 Å². The number of hydrogen-bond acceptors (Lipinski definition) is 3. The van der Waals surface area contributed by atoms with E-state index in [0.717, 1.165) is 16.5 Å². The number of aromatic nitrogens is 3. The Morgan fingerprint density at radius 3 is 2.74 bits per heavy atom. The Hall–Kier alpha value is -2.83. The number of aromatic amines is 1. The molecule has 4 rings (SSSR count). The summed E-state index contributed by atoms with van der Waals surface area (Å²) in [6.45, 7) is 3.78. The number of halogens is 2. The molecule has 2 N–H and O–H groups in total. The Labute approximate surface area is 155 Å². The number of carbonyl (C=O) groups excluding carboxylic acids is 1. The molecule has 2 aromatic heterocycles. The van der Waals surface area contributed by atoms with Crippen LogP contribution >= 0.6 is 0 Å². The largest absolute Gasteiger partial charge is 0.343 e. The third kappa shape index (κ3) is 3.41. The quantitative estimate of drug-likeness (QED) is 0.672. The summed E-state index contributed by atoms with van der Waals surface area (Å²) in [4.78, 5) is 16.4. The van der Waals surface area contributed by atoms with Gasteiger partial charge in [0.1, 0.15) is 6.17 Å². The number of alkyl halides is 1.